The van der Waals surface area contributed by atoms with E-state index in [2.05, 4.69) is 10.4 Å². The van der Waals surface area contributed by atoms with E-state index in [1.165, 1.54) is 0 Å². The molecule has 0 saturated carbocycles. The van der Waals surface area contributed by atoms with Crippen molar-refractivity contribution < 1.29 is 19.4 Å². The molecule has 2 aromatic rings. The van der Waals surface area contributed by atoms with Crippen LogP contribution >= 0.6 is 11.3 Å². The minimum Gasteiger partial charge on any atom is -0.481 e. The molecule has 0 aliphatic carbocycles. The SMILES string of the molecule is Cc1csc([C@@H]2CCCN(C(=O)c3cc(C)c(OCC(=O)O)c(C)c3)C2)n1. The van der Waals surface area contributed by atoms with E-state index in [1.807, 2.05) is 25.7 Å². The molecule has 7 heteroatoms. The number of thiazole rings is 1. The van der Waals surface area contributed by atoms with Crippen LogP contribution in [-0.4, -0.2) is 46.6 Å². The fourth-order valence-electron chi connectivity index (χ4n) is 3.54. The van der Waals surface area contributed by atoms with Gasteiger partial charge in [0.2, 0.25) is 0 Å². The van der Waals surface area contributed by atoms with Crippen LogP contribution in [0, 0.1) is 20.8 Å². The molecule has 27 heavy (non-hydrogen) atoms. The molecule has 0 unspecified atom stereocenters. The molecule has 0 bridgehead atoms. The topological polar surface area (TPSA) is 79.7 Å². The van der Waals surface area contributed by atoms with Crippen molar-refractivity contribution in [3.63, 3.8) is 0 Å². The summed E-state index contributed by atoms with van der Waals surface area (Å²) in [4.78, 5) is 30.3. The number of carboxylic acid groups (broad SMARTS) is 1. The Hall–Kier alpha value is -2.41. The lowest BCUT2D eigenvalue weighted by atomic mass is 9.97. The molecular formula is C20H24N2O4S. The van der Waals surface area contributed by atoms with Crippen molar-refractivity contribution in [1.82, 2.24) is 9.88 Å². The first-order valence-corrected chi connectivity index (χ1v) is 9.90. The van der Waals surface area contributed by atoms with Crippen LogP contribution in [0.1, 0.15) is 50.9 Å². The van der Waals surface area contributed by atoms with Gasteiger partial charge in [0.15, 0.2) is 6.61 Å². The number of aryl methyl sites for hydroxylation is 3. The maximum Gasteiger partial charge on any atom is 0.341 e. The zero-order chi connectivity index (χ0) is 19.6. The first-order valence-electron chi connectivity index (χ1n) is 9.02. The predicted octanol–water partition coefficient (Wildman–Crippen LogP) is 3.55. The number of benzene rings is 1. The van der Waals surface area contributed by atoms with Gasteiger partial charge in [-0.25, -0.2) is 9.78 Å². The molecule has 1 saturated heterocycles. The molecular weight excluding hydrogens is 364 g/mol. The third-order valence-corrected chi connectivity index (χ3v) is 5.87. The highest BCUT2D eigenvalue weighted by atomic mass is 32.1. The number of nitrogens with zero attached hydrogens (tertiary/aromatic N) is 2. The average Bonchev–Trinajstić information content (AvgIpc) is 3.06. The molecule has 1 N–H and O–H groups in total. The van der Waals surface area contributed by atoms with E-state index in [9.17, 15) is 9.59 Å². The Labute approximate surface area is 162 Å². The van der Waals surface area contributed by atoms with Crippen molar-refractivity contribution in [2.45, 2.75) is 39.5 Å². The van der Waals surface area contributed by atoms with Gasteiger partial charge in [-0.15, -0.1) is 11.3 Å². The van der Waals surface area contributed by atoms with Crippen LogP contribution in [0.4, 0.5) is 0 Å². The van der Waals surface area contributed by atoms with Crippen LogP contribution in [0.2, 0.25) is 0 Å². The first-order chi connectivity index (χ1) is 12.8. The zero-order valence-electron chi connectivity index (χ0n) is 15.8. The summed E-state index contributed by atoms with van der Waals surface area (Å²) in [5.41, 5.74) is 3.18. The van der Waals surface area contributed by atoms with E-state index in [-0.39, 0.29) is 5.91 Å². The number of hydrogen-bond acceptors (Lipinski definition) is 5. The van der Waals surface area contributed by atoms with Gasteiger partial charge in [-0.2, -0.15) is 0 Å². The highest BCUT2D eigenvalue weighted by Crippen LogP contribution is 2.31. The van der Waals surface area contributed by atoms with Crippen LogP contribution in [0.5, 0.6) is 5.75 Å². The molecule has 0 radical (unpaired) electrons. The molecule has 1 atom stereocenters. The highest BCUT2D eigenvalue weighted by Gasteiger charge is 2.27. The van der Waals surface area contributed by atoms with E-state index in [1.54, 1.807) is 23.5 Å². The number of piperidine rings is 1. The van der Waals surface area contributed by atoms with Crippen LogP contribution in [0.3, 0.4) is 0 Å². The fraction of sp³-hybridized carbons (Fsp3) is 0.450. The molecule has 1 aliphatic heterocycles. The summed E-state index contributed by atoms with van der Waals surface area (Å²) in [5, 5.41) is 12.0. The third kappa shape index (κ3) is 4.47. The average molecular weight is 388 g/mol. The Morgan fingerprint density at radius 2 is 2.00 bits per heavy atom. The first kappa shape index (κ1) is 19.4. The van der Waals surface area contributed by atoms with Crippen molar-refractivity contribution in [2.24, 2.45) is 0 Å². The van der Waals surface area contributed by atoms with Gasteiger partial charge >= 0.3 is 5.97 Å². The van der Waals surface area contributed by atoms with Crippen LogP contribution in [0.25, 0.3) is 0 Å². The minimum absolute atomic E-state index is 0.00367. The maximum absolute atomic E-state index is 13.0. The second kappa shape index (κ2) is 8.08. The number of carbonyl (C=O) groups is 2. The molecule has 144 valence electrons. The van der Waals surface area contributed by atoms with Gasteiger partial charge in [0.05, 0.1) is 5.01 Å². The van der Waals surface area contributed by atoms with E-state index >= 15 is 0 Å². The second-order valence-corrected chi connectivity index (χ2v) is 7.93. The summed E-state index contributed by atoms with van der Waals surface area (Å²) < 4.78 is 5.36. The Morgan fingerprint density at radius 1 is 1.30 bits per heavy atom. The van der Waals surface area contributed by atoms with Crippen molar-refractivity contribution in [1.29, 1.82) is 0 Å². The monoisotopic (exact) mass is 388 g/mol. The van der Waals surface area contributed by atoms with E-state index in [0.29, 0.717) is 23.8 Å². The Morgan fingerprint density at radius 3 is 2.59 bits per heavy atom. The second-order valence-electron chi connectivity index (χ2n) is 7.04. The lowest BCUT2D eigenvalue weighted by molar-refractivity contribution is -0.139. The molecule has 3 rings (SSSR count). The largest absolute Gasteiger partial charge is 0.481 e. The van der Waals surface area contributed by atoms with Crippen LogP contribution < -0.4 is 4.74 Å². The standard InChI is InChI=1S/C20H24N2O4S/c1-12-7-16(8-13(2)18(12)26-10-17(23)24)20(25)22-6-4-5-15(9-22)19-21-14(3)11-27-19/h7-8,11,15H,4-6,9-10H2,1-3H3,(H,23,24)/t15-/m1/s1. The number of aliphatic carboxylic acids is 1. The Balaban J connectivity index is 1.75. The van der Waals surface area contributed by atoms with Gasteiger partial charge in [0, 0.05) is 35.6 Å². The number of hydrogen-bond donors (Lipinski definition) is 1. The van der Waals surface area contributed by atoms with Crippen molar-refractivity contribution in [3.05, 3.63) is 44.9 Å². The number of likely N-dealkylation sites (tertiary alicyclic amines) is 1. The number of aromatic nitrogens is 1. The third-order valence-electron chi connectivity index (χ3n) is 4.74. The summed E-state index contributed by atoms with van der Waals surface area (Å²) >= 11 is 1.67. The minimum atomic E-state index is -1.02. The van der Waals surface area contributed by atoms with E-state index in [0.717, 1.165) is 41.2 Å². The van der Waals surface area contributed by atoms with Gasteiger partial charge < -0.3 is 14.7 Å². The highest BCUT2D eigenvalue weighted by molar-refractivity contribution is 7.09. The smallest absolute Gasteiger partial charge is 0.341 e. The Kier molecular flexibility index (Phi) is 5.79. The molecule has 6 nitrogen and oxygen atoms in total. The lowest BCUT2D eigenvalue weighted by Gasteiger charge is -2.32. The molecule has 1 aromatic carbocycles. The summed E-state index contributed by atoms with van der Waals surface area (Å²) in [6.07, 6.45) is 2.02. The normalized spacial score (nSPS) is 17.0. The van der Waals surface area contributed by atoms with E-state index < -0.39 is 12.6 Å². The molecule has 1 aromatic heterocycles. The number of amides is 1. The summed E-state index contributed by atoms with van der Waals surface area (Å²) in [7, 11) is 0. The summed E-state index contributed by atoms with van der Waals surface area (Å²) in [5.74, 6) is -0.194. The van der Waals surface area contributed by atoms with Gasteiger partial charge in [0.1, 0.15) is 5.75 Å². The summed E-state index contributed by atoms with van der Waals surface area (Å²) in [6, 6.07) is 3.56. The molecule has 1 fully saturated rings. The number of rotatable bonds is 5. The zero-order valence-corrected chi connectivity index (χ0v) is 16.6. The number of carbonyl (C=O) groups excluding carboxylic acids is 1. The maximum atomic E-state index is 13.0. The van der Waals surface area contributed by atoms with Crippen LogP contribution in [0.15, 0.2) is 17.5 Å². The molecule has 0 spiro atoms. The van der Waals surface area contributed by atoms with Gasteiger partial charge in [-0.05, 0) is 56.9 Å². The molecule has 1 amide bonds. The van der Waals surface area contributed by atoms with Crippen molar-refractivity contribution >= 4 is 23.2 Å². The summed E-state index contributed by atoms with van der Waals surface area (Å²) in [6.45, 7) is 6.69. The van der Waals surface area contributed by atoms with Crippen LogP contribution in [-0.2, 0) is 4.79 Å². The number of ether oxygens (including phenoxy) is 1. The molecule has 1 aliphatic rings. The predicted molar refractivity (Wildman–Crippen MR) is 104 cm³/mol. The van der Waals surface area contributed by atoms with Gasteiger partial charge in [-0.3, -0.25) is 4.79 Å². The van der Waals surface area contributed by atoms with Gasteiger partial charge in [0.25, 0.3) is 5.91 Å². The van der Waals surface area contributed by atoms with Crippen molar-refractivity contribution in [3.8, 4) is 5.75 Å². The Bertz CT molecular complexity index is 838. The van der Waals surface area contributed by atoms with E-state index in [4.69, 9.17) is 9.84 Å². The number of carboxylic acids is 1. The quantitative estimate of drug-likeness (QED) is 0.847. The lowest BCUT2D eigenvalue weighted by Crippen LogP contribution is -2.39. The molecule has 2 heterocycles. The fourth-order valence-corrected chi connectivity index (χ4v) is 4.47. The van der Waals surface area contributed by atoms with Crippen molar-refractivity contribution in [2.75, 3.05) is 19.7 Å². The van der Waals surface area contributed by atoms with Gasteiger partial charge in [-0.1, -0.05) is 0 Å².